The average molecular weight is 292 g/mol. The van der Waals surface area contributed by atoms with E-state index in [1.807, 2.05) is 24.3 Å². The van der Waals surface area contributed by atoms with Gasteiger partial charge in [0.1, 0.15) is 12.4 Å². The van der Waals surface area contributed by atoms with Gasteiger partial charge in [-0.1, -0.05) is 18.8 Å². The van der Waals surface area contributed by atoms with E-state index in [9.17, 15) is 0 Å². The van der Waals surface area contributed by atoms with E-state index in [0.717, 1.165) is 24.3 Å². The number of rotatable bonds is 10. The molecule has 0 heterocycles. The van der Waals surface area contributed by atoms with Gasteiger partial charge in [-0.15, -0.1) is 0 Å². The summed E-state index contributed by atoms with van der Waals surface area (Å²) >= 11 is 0. The third kappa shape index (κ3) is 9.09. The van der Waals surface area contributed by atoms with Crippen LogP contribution in [-0.4, -0.2) is 44.7 Å². The van der Waals surface area contributed by atoms with Crippen LogP contribution in [0.3, 0.4) is 0 Å². The SMILES string of the molecule is CCCOCCOCCOc1ccc(C#CCCO)cc1. The van der Waals surface area contributed by atoms with Crippen molar-refractivity contribution in [2.45, 2.75) is 19.8 Å². The maximum Gasteiger partial charge on any atom is 0.119 e. The van der Waals surface area contributed by atoms with E-state index >= 15 is 0 Å². The van der Waals surface area contributed by atoms with Gasteiger partial charge in [0.25, 0.3) is 0 Å². The zero-order chi connectivity index (χ0) is 15.2. The molecule has 21 heavy (non-hydrogen) atoms. The van der Waals surface area contributed by atoms with E-state index in [1.54, 1.807) is 0 Å². The molecule has 4 heteroatoms. The molecule has 1 rings (SSSR count). The molecule has 0 amide bonds. The molecule has 0 aliphatic heterocycles. The van der Waals surface area contributed by atoms with E-state index in [0.29, 0.717) is 32.8 Å². The molecule has 0 aliphatic carbocycles. The highest BCUT2D eigenvalue weighted by atomic mass is 16.5. The van der Waals surface area contributed by atoms with Gasteiger partial charge in [0.2, 0.25) is 0 Å². The Kier molecular flexibility index (Phi) is 10.2. The van der Waals surface area contributed by atoms with Gasteiger partial charge in [-0.25, -0.2) is 0 Å². The van der Waals surface area contributed by atoms with Crippen molar-refractivity contribution < 1.29 is 19.3 Å². The third-order valence-electron chi connectivity index (χ3n) is 2.54. The maximum atomic E-state index is 8.65. The van der Waals surface area contributed by atoms with Crippen LogP contribution in [0.4, 0.5) is 0 Å². The molecular formula is C17H24O4. The second-order valence-corrected chi connectivity index (χ2v) is 4.37. The van der Waals surface area contributed by atoms with Gasteiger partial charge >= 0.3 is 0 Å². The predicted octanol–water partition coefficient (Wildman–Crippen LogP) is 2.24. The van der Waals surface area contributed by atoms with Crippen molar-refractivity contribution in [2.75, 3.05) is 39.6 Å². The monoisotopic (exact) mass is 292 g/mol. The standard InChI is InChI=1S/C17H24O4/c1-2-11-19-12-13-20-14-15-21-17-8-6-16(7-9-17)5-3-4-10-18/h6-9,18H,2,4,10-15H2,1H3. The Hall–Kier alpha value is -1.54. The minimum Gasteiger partial charge on any atom is -0.491 e. The summed E-state index contributed by atoms with van der Waals surface area (Å²) in [6.45, 7) is 5.26. The summed E-state index contributed by atoms with van der Waals surface area (Å²) in [6, 6.07) is 7.57. The Labute approximate surface area is 127 Å². The lowest BCUT2D eigenvalue weighted by molar-refractivity contribution is 0.0366. The molecule has 1 aromatic rings. The van der Waals surface area contributed by atoms with Gasteiger partial charge in [0, 0.05) is 18.6 Å². The Morgan fingerprint density at radius 1 is 0.952 bits per heavy atom. The summed E-state index contributed by atoms with van der Waals surface area (Å²) in [4.78, 5) is 0. The summed E-state index contributed by atoms with van der Waals surface area (Å²) in [5, 5.41) is 8.65. The first-order valence-electron chi connectivity index (χ1n) is 7.35. The van der Waals surface area contributed by atoms with Crippen molar-refractivity contribution in [1.29, 1.82) is 0 Å². The third-order valence-corrected chi connectivity index (χ3v) is 2.54. The fraction of sp³-hybridized carbons (Fsp3) is 0.529. The Morgan fingerprint density at radius 3 is 2.29 bits per heavy atom. The van der Waals surface area contributed by atoms with Crippen molar-refractivity contribution >= 4 is 0 Å². The van der Waals surface area contributed by atoms with Crippen molar-refractivity contribution in [3.05, 3.63) is 29.8 Å². The van der Waals surface area contributed by atoms with Gasteiger partial charge < -0.3 is 19.3 Å². The molecule has 0 aromatic heterocycles. The van der Waals surface area contributed by atoms with E-state index in [1.165, 1.54) is 0 Å². The van der Waals surface area contributed by atoms with Crippen LogP contribution in [0.1, 0.15) is 25.3 Å². The van der Waals surface area contributed by atoms with Crippen molar-refractivity contribution in [3.8, 4) is 17.6 Å². The van der Waals surface area contributed by atoms with Crippen LogP contribution in [0.2, 0.25) is 0 Å². The Bertz CT molecular complexity index is 417. The number of aliphatic hydroxyl groups is 1. The van der Waals surface area contributed by atoms with Crippen LogP contribution in [0, 0.1) is 11.8 Å². The topological polar surface area (TPSA) is 47.9 Å². The first-order chi connectivity index (χ1) is 10.4. The summed E-state index contributed by atoms with van der Waals surface area (Å²) in [6.07, 6.45) is 1.53. The van der Waals surface area contributed by atoms with Crippen LogP contribution < -0.4 is 4.74 Å². The molecule has 0 saturated heterocycles. The van der Waals surface area contributed by atoms with E-state index < -0.39 is 0 Å². The molecule has 1 aromatic carbocycles. The number of aliphatic hydroxyl groups excluding tert-OH is 1. The highest BCUT2D eigenvalue weighted by Gasteiger charge is 1.94. The van der Waals surface area contributed by atoms with Crippen LogP contribution in [0.25, 0.3) is 0 Å². The molecule has 0 radical (unpaired) electrons. The van der Waals surface area contributed by atoms with E-state index in [4.69, 9.17) is 19.3 Å². The molecule has 0 atom stereocenters. The predicted molar refractivity (Wildman–Crippen MR) is 82.4 cm³/mol. The van der Waals surface area contributed by atoms with Gasteiger partial charge in [0.15, 0.2) is 0 Å². The fourth-order valence-electron chi connectivity index (χ4n) is 1.54. The highest BCUT2D eigenvalue weighted by Crippen LogP contribution is 2.11. The maximum absolute atomic E-state index is 8.65. The van der Waals surface area contributed by atoms with E-state index in [2.05, 4.69) is 18.8 Å². The Morgan fingerprint density at radius 2 is 1.62 bits per heavy atom. The molecule has 0 bridgehead atoms. The van der Waals surface area contributed by atoms with Crippen molar-refractivity contribution in [1.82, 2.24) is 0 Å². The highest BCUT2D eigenvalue weighted by molar-refractivity contribution is 5.38. The quantitative estimate of drug-likeness (QED) is 0.531. The van der Waals surface area contributed by atoms with Gasteiger partial charge in [-0.3, -0.25) is 0 Å². The van der Waals surface area contributed by atoms with Crippen LogP contribution in [-0.2, 0) is 9.47 Å². The lowest BCUT2D eigenvalue weighted by atomic mass is 10.2. The number of hydrogen-bond donors (Lipinski definition) is 1. The lowest BCUT2D eigenvalue weighted by Gasteiger charge is -2.07. The van der Waals surface area contributed by atoms with Crippen molar-refractivity contribution in [2.24, 2.45) is 0 Å². The van der Waals surface area contributed by atoms with Crippen molar-refractivity contribution in [3.63, 3.8) is 0 Å². The van der Waals surface area contributed by atoms with Gasteiger partial charge in [-0.05, 0) is 30.7 Å². The molecule has 1 N–H and O–H groups in total. The van der Waals surface area contributed by atoms with Gasteiger partial charge in [0.05, 0.1) is 26.4 Å². The summed E-state index contributed by atoms with van der Waals surface area (Å²) < 4.78 is 16.3. The smallest absolute Gasteiger partial charge is 0.119 e. The number of ether oxygens (including phenoxy) is 3. The molecule has 0 unspecified atom stereocenters. The average Bonchev–Trinajstić information content (AvgIpc) is 2.52. The molecule has 0 aliphatic rings. The van der Waals surface area contributed by atoms with Crippen LogP contribution >= 0.6 is 0 Å². The van der Waals surface area contributed by atoms with Crippen LogP contribution in [0.5, 0.6) is 5.75 Å². The normalized spacial score (nSPS) is 10.0. The largest absolute Gasteiger partial charge is 0.491 e. The Balaban J connectivity index is 2.11. The first-order valence-corrected chi connectivity index (χ1v) is 7.35. The second-order valence-electron chi connectivity index (χ2n) is 4.37. The zero-order valence-electron chi connectivity index (χ0n) is 12.6. The molecule has 0 saturated carbocycles. The summed E-state index contributed by atoms with van der Waals surface area (Å²) in [5.74, 6) is 6.65. The molecule has 0 fully saturated rings. The fourth-order valence-corrected chi connectivity index (χ4v) is 1.54. The molecule has 0 spiro atoms. The summed E-state index contributed by atoms with van der Waals surface area (Å²) in [7, 11) is 0. The minimum atomic E-state index is 0.0949. The molecule has 116 valence electrons. The van der Waals surface area contributed by atoms with Gasteiger partial charge in [-0.2, -0.15) is 0 Å². The second kappa shape index (κ2) is 12.2. The number of hydrogen-bond acceptors (Lipinski definition) is 4. The van der Waals surface area contributed by atoms with E-state index in [-0.39, 0.29) is 6.61 Å². The number of benzene rings is 1. The zero-order valence-corrected chi connectivity index (χ0v) is 12.6. The first kappa shape index (κ1) is 17.5. The summed E-state index contributed by atoms with van der Waals surface area (Å²) in [5.41, 5.74) is 0.917. The molecule has 4 nitrogen and oxygen atoms in total. The van der Waals surface area contributed by atoms with Crippen LogP contribution in [0.15, 0.2) is 24.3 Å². The lowest BCUT2D eigenvalue weighted by Crippen LogP contribution is -2.11. The molecular weight excluding hydrogens is 268 g/mol. The minimum absolute atomic E-state index is 0.0949.